The van der Waals surface area contributed by atoms with Gasteiger partial charge >= 0.3 is 17.9 Å². The van der Waals surface area contributed by atoms with Crippen molar-refractivity contribution in [2.45, 2.75) is 70.1 Å². The van der Waals surface area contributed by atoms with Gasteiger partial charge in [-0.1, -0.05) is 5.11 Å². The minimum Gasteiger partial charge on any atom is -0.463 e. The highest BCUT2D eigenvalue weighted by Crippen LogP contribution is 2.29. The standard InChI is InChI=1S/C17H25N3O10/c1-8(21)25-6-13-17(14(7-26-13)28-10(3)23)30-15-4-11(27-9(2)22)16(24)12(29-15)5-19-20-18/h11-17,24H,4-7H2,1-3H3/t11-,12+,13-,14+,15-,16+,17-/m1/s1. The van der Waals surface area contributed by atoms with Gasteiger partial charge < -0.3 is 33.5 Å². The summed E-state index contributed by atoms with van der Waals surface area (Å²) in [5.41, 5.74) is 8.55. The third-order valence-corrected chi connectivity index (χ3v) is 4.44. The minimum absolute atomic E-state index is 0.0149. The maximum absolute atomic E-state index is 11.4. The van der Waals surface area contributed by atoms with Gasteiger partial charge in [0.2, 0.25) is 0 Å². The van der Waals surface area contributed by atoms with Gasteiger partial charge in [0.1, 0.15) is 31.0 Å². The second-order valence-electron chi connectivity index (χ2n) is 6.81. The van der Waals surface area contributed by atoms with Crippen LogP contribution < -0.4 is 0 Å². The predicted octanol–water partition coefficient (Wildman–Crippen LogP) is -0.0169. The van der Waals surface area contributed by atoms with Crippen LogP contribution in [0.3, 0.4) is 0 Å². The van der Waals surface area contributed by atoms with Crippen LogP contribution in [0.2, 0.25) is 0 Å². The molecular weight excluding hydrogens is 406 g/mol. The summed E-state index contributed by atoms with van der Waals surface area (Å²) in [6.45, 7) is 3.32. The summed E-state index contributed by atoms with van der Waals surface area (Å²) in [5.74, 6) is -1.68. The molecule has 2 heterocycles. The zero-order valence-electron chi connectivity index (χ0n) is 16.8. The molecule has 168 valence electrons. The van der Waals surface area contributed by atoms with Crippen molar-refractivity contribution in [2.24, 2.45) is 5.11 Å². The number of hydrogen-bond acceptors (Lipinski definition) is 11. The molecule has 1 N–H and O–H groups in total. The minimum atomic E-state index is -1.24. The maximum Gasteiger partial charge on any atom is 0.303 e. The average molecular weight is 431 g/mol. The fourth-order valence-electron chi connectivity index (χ4n) is 3.24. The van der Waals surface area contributed by atoms with Crippen molar-refractivity contribution in [3.05, 3.63) is 10.4 Å². The van der Waals surface area contributed by atoms with Crippen LogP contribution in [-0.4, -0.2) is 85.7 Å². The lowest BCUT2D eigenvalue weighted by atomic mass is 10.0. The molecule has 0 bridgehead atoms. The lowest BCUT2D eigenvalue weighted by Gasteiger charge is -2.39. The number of aliphatic hydroxyl groups excluding tert-OH is 1. The first-order valence-corrected chi connectivity index (χ1v) is 9.30. The van der Waals surface area contributed by atoms with E-state index in [4.69, 9.17) is 34.0 Å². The molecule has 0 aromatic heterocycles. The Kier molecular flexibility index (Phi) is 8.81. The summed E-state index contributed by atoms with van der Waals surface area (Å²) < 4.78 is 32.5. The van der Waals surface area contributed by atoms with Crippen molar-refractivity contribution in [3.63, 3.8) is 0 Å². The van der Waals surface area contributed by atoms with Crippen molar-refractivity contribution in [1.29, 1.82) is 0 Å². The van der Waals surface area contributed by atoms with Crippen LogP contribution in [0.5, 0.6) is 0 Å². The van der Waals surface area contributed by atoms with E-state index in [9.17, 15) is 19.5 Å². The number of ether oxygens (including phenoxy) is 6. The molecule has 13 heteroatoms. The van der Waals surface area contributed by atoms with Crippen molar-refractivity contribution < 1.29 is 47.9 Å². The van der Waals surface area contributed by atoms with Crippen molar-refractivity contribution in [3.8, 4) is 0 Å². The lowest BCUT2D eigenvalue weighted by Crippen LogP contribution is -2.53. The van der Waals surface area contributed by atoms with E-state index in [1.54, 1.807) is 0 Å². The molecule has 0 amide bonds. The predicted molar refractivity (Wildman–Crippen MR) is 95.7 cm³/mol. The highest BCUT2D eigenvalue weighted by atomic mass is 16.7. The van der Waals surface area contributed by atoms with E-state index in [-0.39, 0.29) is 26.2 Å². The Balaban J connectivity index is 2.15. The Hall–Kier alpha value is -2.44. The molecule has 2 fully saturated rings. The van der Waals surface area contributed by atoms with Gasteiger partial charge in [-0.05, 0) is 5.53 Å². The molecule has 0 aromatic carbocycles. The first kappa shape index (κ1) is 23.8. The topological polar surface area (TPSA) is 176 Å². The summed E-state index contributed by atoms with van der Waals surface area (Å²) in [5, 5.41) is 13.8. The number of nitrogens with zero attached hydrogens (tertiary/aromatic N) is 3. The van der Waals surface area contributed by atoms with E-state index < -0.39 is 60.8 Å². The van der Waals surface area contributed by atoms with Crippen LogP contribution in [0.15, 0.2) is 5.11 Å². The fraction of sp³-hybridized carbons (Fsp3) is 0.824. The number of hydrogen-bond donors (Lipinski definition) is 1. The first-order valence-electron chi connectivity index (χ1n) is 9.30. The molecule has 0 radical (unpaired) electrons. The van der Waals surface area contributed by atoms with Gasteiger partial charge in [0.05, 0.1) is 19.3 Å². The summed E-state index contributed by atoms with van der Waals surface area (Å²) in [6, 6.07) is 0. The molecule has 2 aliphatic heterocycles. The van der Waals surface area contributed by atoms with Crippen LogP contribution in [0, 0.1) is 0 Å². The molecule has 7 atom stereocenters. The van der Waals surface area contributed by atoms with Crippen LogP contribution in [-0.2, 0) is 42.8 Å². The van der Waals surface area contributed by atoms with Crippen LogP contribution in [0.1, 0.15) is 27.2 Å². The second-order valence-corrected chi connectivity index (χ2v) is 6.81. The summed E-state index contributed by atoms with van der Waals surface area (Å²) in [4.78, 5) is 36.6. The zero-order chi connectivity index (χ0) is 22.3. The zero-order valence-corrected chi connectivity index (χ0v) is 16.8. The van der Waals surface area contributed by atoms with Gasteiger partial charge in [0, 0.05) is 32.1 Å². The molecule has 0 saturated carbocycles. The maximum atomic E-state index is 11.4. The number of carbonyl (C=O) groups excluding carboxylic acids is 3. The molecule has 2 saturated heterocycles. The third kappa shape index (κ3) is 6.82. The summed E-state index contributed by atoms with van der Waals surface area (Å²) in [7, 11) is 0. The molecule has 30 heavy (non-hydrogen) atoms. The largest absolute Gasteiger partial charge is 0.463 e. The van der Waals surface area contributed by atoms with Gasteiger partial charge in [0.25, 0.3) is 0 Å². The number of aliphatic hydroxyl groups is 1. The van der Waals surface area contributed by atoms with Crippen LogP contribution in [0.4, 0.5) is 0 Å². The highest BCUT2D eigenvalue weighted by molar-refractivity contribution is 5.66. The number of azide groups is 1. The quantitative estimate of drug-likeness (QED) is 0.181. The fourth-order valence-corrected chi connectivity index (χ4v) is 3.24. The summed E-state index contributed by atoms with van der Waals surface area (Å²) >= 11 is 0. The van der Waals surface area contributed by atoms with Gasteiger partial charge in [-0.15, -0.1) is 0 Å². The SMILES string of the molecule is CC(=O)OC[C@H]1OC[C@H](OC(C)=O)[C@@H]1O[C@@H]1C[C@@H](OC(C)=O)[C@H](O)[C@H](CN=[N+]=[N-])O1. The van der Waals surface area contributed by atoms with Crippen LogP contribution in [0.25, 0.3) is 10.4 Å². The molecular formula is C17H25N3O10. The van der Waals surface area contributed by atoms with E-state index in [1.807, 2.05) is 0 Å². The van der Waals surface area contributed by atoms with Gasteiger partial charge in [-0.2, -0.15) is 0 Å². The monoisotopic (exact) mass is 431 g/mol. The van der Waals surface area contributed by atoms with Crippen molar-refractivity contribution in [2.75, 3.05) is 19.8 Å². The molecule has 0 spiro atoms. The van der Waals surface area contributed by atoms with E-state index in [0.29, 0.717) is 0 Å². The smallest absolute Gasteiger partial charge is 0.303 e. The molecule has 0 aromatic rings. The molecule has 13 nitrogen and oxygen atoms in total. The van der Waals surface area contributed by atoms with Crippen molar-refractivity contribution >= 4 is 17.9 Å². The van der Waals surface area contributed by atoms with Gasteiger partial charge in [0.15, 0.2) is 12.4 Å². The Morgan fingerprint density at radius 2 is 1.77 bits per heavy atom. The highest BCUT2D eigenvalue weighted by Gasteiger charge is 2.46. The third-order valence-electron chi connectivity index (χ3n) is 4.44. The van der Waals surface area contributed by atoms with E-state index in [2.05, 4.69) is 10.0 Å². The van der Waals surface area contributed by atoms with E-state index >= 15 is 0 Å². The number of rotatable bonds is 8. The van der Waals surface area contributed by atoms with Crippen LogP contribution >= 0.6 is 0 Å². The van der Waals surface area contributed by atoms with Gasteiger partial charge in [-0.3, -0.25) is 14.4 Å². The van der Waals surface area contributed by atoms with E-state index in [0.717, 1.165) is 0 Å². The Labute approximate surface area is 172 Å². The Bertz CT molecular complexity index is 669. The lowest BCUT2D eigenvalue weighted by molar-refractivity contribution is -0.274. The van der Waals surface area contributed by atoms with Crippen molar-refractivity contribution in [1.82, 2.24) is 0 Å². The molecule has 0 aliphatic carbocycles. The molecule has 2 rings (SSSR count). The Morgan fingerprint density at radius 1 is 1.10 bits per heavy atom. The molecule has 0 unspecified atom stereocenters. The van der Waals surface area contributed by atoms with E-state index in [1.165, 1.54) is 20.8 Å². The number of carbonyl (C=O) groups is 3. The first-order chi connectivity index (χ1) is 14.2. The Morgan fingerprint density at radius 3 is 2.37 bits per heavy atom. The van der Waals surface area contributed by atoms with Gasteiger partial charge in [-0.25, -0.2) is 0 Å². The number of esters is 3. The normalized spacial score (nSPS) is 33.3. The second kappa shape index (κ2) is 11.1. The molecule has 2 aliphatic rings. The summed E-state index contributed by atoms with van der Waals surface area (Å²) in [6.07, 6.45) is -6.63. The average Bonchev–Trinajstić information content (AvgIpc) is 3.01.